The molecule has 0 saturated heterocycles. The number of aromatic nitrogens is 2. The third-order valence-electron chi connectivity index (χ3n) is 5.18. The molecule has 11 heteroatoms. The van der Waals surface area contributed by atoms with E-state index in [4.69, 9.17) is 23.2 Å². The number of rotatable bonds is 5. The van der Waals surface area contributed by atoms with Gasteiger partial charge in [-0.05, 0) is 49.9 Å². The first-order valence-corrected chi connectivity index (χ1v) is 12.2. The maximum absolute atomic E-state index is 13.8. The molecule has 1 aliphatic heterocycles. The number of benzene rings is 2. The average Bonchev–Trinajstić information content (AvgIpc) is 3.22. The number of carbonyl (C=O) groups is 1. The van der Waals surface area contributed by atoms with Gasteiger partial charge in [0.1, 0.15) is 5.54 Å². The van der Waals surface area contributed by atoms with Crippen molar-refractivity contribution >= 4 is 66.7 Å². The van der Waals surface area contributed by atoms with Gasteiger partial charge < -0.3 is 0 Å². The molecule has 4 rings (SSSR count). The molecule has 0 fully saturated rings. The first-order chi connectivity index (χ1) is 14.6. The molecule has 1 aliphatic rings. The summed E-state index contributed by atoms with van der Waals surface area (Å²) in [4.78, 5) is 19.4. The minimum absolute atomic E-state index is 0.103. The van der Waals surface area contributed by atoms with E-state index in [9.17, 15) is 13.2 Å². The average molecular weight is 544 g/mol. The molecule has 3 aromatic rings. The summed E-state index contributed by atoms with van der Waals surface area (Å²) in [6, 6.07) is 12.2. The van der Waals surface area contributed by atoms with Crippen molar-refractivity contribution < 1.29 is 13.2 Å². The zero-order valence-electron chi connectivity index (χ0n) is 16.4. The van der Waals surface area contributed by atoms with Crippen molar-refractivity contribution in [3.05, 3.63) is 68.7 Å². The fourth-order valence-corrected chi connectivity index (χ4v) is 5.43. The van der Waals surface area contributed by atoms with E-state index in [1.165, 1.54) is 22.7 Å². The number of carbonyl (C=O) groups excluding carboxylic acids is 1. The lowest BCUT2D eigenvalue weighted by Gasteiger charge is -2.26. The molecular weight excluding hydrogens is 527 g/mol. The van der Waals surface area contributed by atoms with Gasteiger partial charge in [0.05, 0.1) is 11.9 Å². The number of halogens is 3. The molecule has 1 N–H and O–H groups in total. The first kappa shape index (κ1) is 22.3. The Bertz CT molecular complexity index is 1270. The van der Waals surface area contributed by atoms with Crippen LogP contribution in [0.15, 0.2) is 58.2 Å². The molecule has 1 atom stereocenters. The molecule has 2 aromatic carbocycles. The van der Waals surface area contributed by atoms with Crippen molar-refractivity contribution in [1.29, 1.82) is 0 Å². The number of imidazole rings is 1. The highest BCUT2D eigenvalue weighted by Gasteiger charge is 2.51. The number of nitrogens with zero attached hydrogens (tertiary/aromatic N) is 3. The topological polar surface area (TPSA) is 84.3 Å². The Morgan fingerprint density at radius 3 is 2.32 bits per heavy atom. The van der Waals surface area contributed by atoms with E-state index >= 15 is 0 Å². The van der Waals surface area contributed by atoms with Gasteiger partial charge in [0.2, 0.25) is 5.95 Å². The number of hydrogen-bond acceptors (Lipinski definition) is 4. The molecule has 0 radical (unpaired) electrons. The van der Waals surface area contributed by atoms with Crippen molar-refractivity contribution in [1.82, 2.24) is 14.3 Å². The lowest BCUT2D eigenvalue weighted by molar-refractivity contribution is -0.124. The summed E-state index contributed by atoms with van der Waals surface area (Å²) in [7, 11) is -2.57. The number of hydrogen-bond donors (Lipinski definition) is 1. The Hall–Kier alpha value is -1.91. The normalized spacial score (nSPS) is 18.5. The minimum atomic E-state index is -3.88. The van der Waals surface area contributed by atoms with E-state index in [0.29, 0.717) is 15.7 Å². The highest BCUT2D eigenvalue weighted by Crippen LogP contribution is 2.44. The molecule has 7 nitrogen and oxygen atoms in total. The van der Waals surface area contributed by atoms with Crippen LogP contribution in [-0.2, 0) is 26.8 Å². The fourth-order valence-electron chi connectivity index (χ4n) is 3.73. The van der Waals surface area contributed by atoms with E-state index < -0.39 is 15.6 Å². The van der Waals surface area contributed by atoms with Crippen LogP contribution in [0.4, 0.5) is 11.6 Å². The zero-order chi connectivity index (χ0) is 22.6. The second-order valence-electron chi connectivity index (χ2n) is 7.28. The van der Waals surface area contributed by atoms with Gasteiger partial charge in [0.15, 0.2) is 5.03 Å². The summed E-state index contributed by atoms with van der Waals surface area (Å²) in [5.41, 5.74) is 0.00743. The van der Waals surface area contributed by atoms with Gasteiger partial charge in [-0.15, -0.1) is 0 Å². The highest BCUT2D eigenvalue weighted by atomic mass is 79.9. The van der Waals surface area contributed by atoms with Crippen molar-refractivity contribution in [3.8, 4) is 0 Å². The molecular formula is C20H17BrCl2N4O3S. The molecule has 0 unspecified atom stereocenters. The van der Waals surface area contributed by atoms with Crippen molar-refractivity contribution in [3.63, 3.8) is 0 Å². The second kappa shape index (κ2) is 7.90. The van der Waals surface area contributed by atoms with Gasteiger partial charge in [-0.25, -0.2) is 23.0 Å². The predicted octanol–water partition coefficient (Wildman–Crippen LogP) is 4.50. The molecule has 0 saturated carbocycles. The highest BCUT2D eigenvalue weighted by molar-refractivity contribution is 9.10. The number of amides is 1. The van der Waals surface area contributed by atoms with E-state index in [-0.39, 0.29) is 23.3 Å². The maximum atomic E-state index is 13.8. The molecule has 0 spiro atoms. The summed E-state index contributed by atoms with van der Waals surface area (Å²) < 4.78 is 30.1. The molecule has 1 amide bonds. The number of anilines is 2. The third kappa shape index (κ3) is 3.78. The van der Waals surface area contributed by atoms with Crippen LogP contribution in [0.1, 0.15) is 12.5 Å². The lowest BCUT2D eigenvalue weighted by atomic mass is 9.92. The summed E-state index contributed by atoms with van der Waals surface area (Å²) in [6.45, 7) is 1.70. The van der Waals surface area contributed by atoms with Crippen LogP contribution in [0.25, 0.3) is 0 Å². The van der Waals surface area contributed by atoms with Crippen LogP contribution in [0.2, 0.25) is 10.0 Å². The lowest BCUT2D eigenvalue weighted by Crippen LogP contribution is -2.42. The SMILES string of the molecule is CNS(=O)(=O)c1cnc2n1[C@](C)(Cc1ccc(Br)cc1)C(=O)N2c1cc(Cl)cc(Cl)c1. The van der Waals surface area contributed by atoms with Crippen LogP contribution < -0.4 is 9.62 Å². The summed E-state index contributed by atoms with van der Waals surface area (Å²) >= 11 is 15.7. The Morgan fingerprint density at radius 2 is 1.74 bits per heavy atom. The fraction of sp³-hybridized carbons (Fsp3) is 0.200. The number of fused-ring (bicyclic) bond motifs is 1. The van der Waals surface area contributed by atoms with E-state index in [2.05, 4.69) is 25.6 Å². The monoisotopic (exact) mass is 542 g/mol. The quantitative estimate of drug-likeness (QED) is 0.513. The summed E-state index contributed by atoms with van der Waals surface area (Å²) in [5.74, 6) is -0.166. The predicted molar refractivity (Wildman–Crippen MR) is 124 cm³/mol. The van der Waals surface area contributed by atoms with Gasteiger partial charge in [0.25, 0.3) is 15.9 Å². The minimum Gasteiger partial charge on any atom is -0.284 e. The molecule has 2 heterocycles. The molecule has 0 bridgehead atoms. The van der Waals surface area contributed by atoms with Gasteiger partial charge in [-0.3, -0.25) is 9.36 Å². The van der Waals surface area contributed by atoms with Gasteiger partial charge in [-0.1, -0.05) is 51.3 Å². The van der Waals surface area contributed by atoms with Crippen LogP contribution in [-0.4, -0.2) is 30.9 Å². The number of sulfonamides is 1. The Kier molecular flexibility index (Phi) is 5.68. The Balaban J connectivity index is 1.93. The second-order valence-corrected chi connectivity index (χ2v) is 10.9. The smallest absolute Gasteiger partial charge is 0.260 e. The molecule has 31 heavy (non-hydrogen) atoms. The van der Waals surface area contributed by atoms with Crippen molar-refractivity contribution in [2.24, 2.45) is 0 Å². The number of nitrogens with one attached hydrogen (secondary N) is 1. The van der Waals surface area contributed by atoms with Crippen LogP contribution in [0.5, 0.6) is 0 Å². The zero-order valence-corrected chi connectivity index (χ0v) is 20.3. The maximum Gasteiger partial charge on any atom is 0.260 e. The molecule has 1 aromatic heterocycles. The van der Waals surface area contributed by atoms with Crippen LogP contribution in [0, 0.1) is 0 Å². The van der Waals surface area contributed by atoms with E-state index in [1.807, 2.05) is 24.3 Å². The standard InChI is InChI=1S/C20H17BrCl2N4O3S/c1-20(10-12-3-5-13(21)6-4-12)18(28)26(16-8-14(22)7-15(23)9-16)19-25-11-17(27(19)20)31(29,30)24-2/h3-9,11,24H,10H2,1-2H3/t20-/m1/s1. The first-order valence-electron chi connectivity index (χ1n) is 9.14. The molecule has 0 aliphatic carbocycles. The molecule has 162 valence electrons. The van der Waals surface area contributed by atoms with Crippen molar-refractivity contribution in [2.45, 2.75) is 23.9 Å². The van der Waals surface area contributed by atoms with Gasteiger partial charge in [0, 0.05) is 20.9 Å². The van der Waals surface area contributed by atoms with Crippen LogP contribution in [0.3, 0.4) is 0 Å². The van der Waals surface area contributed by atoms with E-state index in [1.54, 1.807) is 25.1 Å². The van der Waals surface area contributed by atoms with Crippen LogP contribution >= 0.6 is 39.1 Å². The Labute approximate surface area is 198 Å². The third-order valence-corrected chi connectivity index (χ3v) is 7.52. The van der Waals surface area contributed by atoms with E-state index in [0.717, 1.165) is 10.0 Å². The van der Waals surface area contributed by atoms with Gasteiger partial charge >= 0.3 is 0 Å². The summed E-state index contributed by atoms with van der Waals surface area (Å²) in [6.07, 6.45) is 1.49. The largest absolute Gasteiger partial charge is 0.284 e. The van der Waals surface area contributed by atoms with Crippen molar-refractivity contribution in [2.75, 3.05) is 11.9 Å². The Morgan fingerprint density at radius 1 is 1.13 bits per heavy atom. The summed E-state index contributed by atoms with van der Waals surface area (Å²) in [5, 5.41) is 0.588. The van der Waals surface area contributed by atoms with Gasteiger partial charge in [-0.2, -0.15) is 0 Å².